The Morgan fingerprint density at radius 1 is 1.50 bits per heavy atom. The molecule has 98 valence electrons. The molecular formula is C14H19FN2O. The molecule has 0 unspecified atom stereocenters. The monoisotopic (exact) mass is 250 g/mol. The molecular weight excluding hydrogens is 231 g/mol. The lowest BCUT2D eigenvalue weighted by Crippen LogP contribution is -2.41. The molecule has 0 radical (unpaired) electrons. The van der Waals surface area contributed by atoms with Gasteiger partial charge in [0.2, 0.25) is 0 Å². The molecule has 0 aliphatic carbocycles. The van der Waals surface area contributed by atoms with Crippen molar-refractivity contribution in [3.63, 3.8) is 0 Å². The number of hydrogen-bond donors (Lipinski definition) is 1. The summed E-state index contributed by atoms with van der Waals surface area (Å²) in [7, 11) is 0. The van der Waals surface area contributed by atoms with Crippen molar-refractivity contribution in [2.75, 3.05) is 18.4 Å². The number of amides is 2. The topological polar surface area (TPSA) is 32.3 Å². The fraction of sp³-hybridized carbons (Fsp3) is 0.500. The minimum Gasteiger partial charge on any atom is -0.324 e. The van der Waals surface area contributed by atoms with Crippen molar-refractivity contribution in [2.24, 2.45) is 5.92 Å². The van der Waals surface area contributed by atoms with E-state index in [-0.39, 0.29) is 11.8 Å². The van der Waals surface area contributed by atoms with Gasteiger partial charge < -0.3 is 10.2 Å². The van der Waals surface area contributed by atoms with E-state index < -0.39 is 0 Å². The van der Waals surface area contributed by atoms with Crippen molar-refractivity contribution in [1.29, 1.82) is 0 Å². The van der Waals surface area contributed by atoms with Crippen LogP contribution in [0.1, 0.15) is 25.3 Å². The number of anilines is 1. The number of urea groups is 1. The van der Waals surface area contributed by atoms with Crippen molar-refractivity contribution >= 4 is 11.7 Å². The molecule has 0 saturated carbocycles. The van der Waals surface area contributed by atoms with Gasteiger partial charge in [0.1, 0.15) is 5.82 Å². The Hall–Kier alpha value is -1.58. The third-order valence-corrected chi connectivity index (χ3v) is 3.37. The van der Waals surface area contributed by atoms with Crippen molar-refractivity contribution in [1.82, 2.24) is 4.90 Å². The number of hydrogen-bond acceptors (Lipinski definition) is 1. The van der Waals surface area contributed by atoms with E-state index in [0.717, 1.165) is 19.5 Å². The zero-order chi connectivity index (χ0) is 13.1. The summed E-state index contributed by atoms with van der Waals surface area (Å²) in [6.07, 6.45) is 2.21. The molecule has 1 aliphatic heterocycles. The summed E-state index contributed by atoms with van der Waals surface area (Å²) < 4.78 is 13.4. The van der Waals surface area contributed by atoms with Crippen molar-refractivity contribution in [3.8, 4) is 0 Å². The summed E-state index contributed by atoms with van der Waals surface area (Å²) in [5.41, 5.74) is 1.10. The number of aryl methyl sites for hydroxylation is 1. The van der Waals surface area contributed by atoms with E-state index >= 15 is 0 Å². The lowest BCUT2D eigenvalue weighted by Gasteiger charge is -2.30. The Labute approximate surface area is 107 Å². The Morgan fingerprint density at radius 2 is 2.28 bits per heavy atom. The number of nitrogens with zero attached hydrogens (tertiary/aromatic N) is 1. The van der Waals surface area contributed by atoms with Gasteiger partial charge in [-0.3, -0.25) is 0 Å². The standard InChI is InChI=1S/C14H19FN2O/c1-10-4-3-7-17(9-10)14(18)16-12-6-5-11(2)13(15)8-12/h5-6,8,10H,3-4,7,9H2,1-2H3,(H,16,18)/t10-/m1/s1. The molecule has 1 aromatic rings. The second kappa shape index (κ2) is 5.38. The van der Waals surface area contributed by atoms with Crippen LogP contribution >= 0.6 is 0 Å². The maximum Gasteiger partial charge on any atom is 0.321 e. The normalized spacial score (nSPS) is 19.7. The minimum absolute atomic E-state index is 0.134. The predicted octanol–water partition coefficient (Wildman–Crippen LogP) is 3.40. The molecule has 1 aromatic carbocycles. The molecule has 1 heterocycles. The summed E-state index contributed by atoms with van der Waals surface area (Å²) >= 11 is 0. The average Bonchev–Trinajstić information content (AvgIpc) is 2.34. The summed E-state index contributed by atoms with van der Waals surface area (Å²) in [6, 6.07) is 4.62. The molecule has 1 saturated heterocycles. The van der Waals surface area contributed by atoms with Crippen molar-refractivity contribution in [3.05, 3.63) is 29.6 Å². The minimum atomic E-state index is -0.292. The van der Waals surface area contributed by atoms with Crippen LogP contribution in [-0.4, -0.2) is 24.0 Å². The highest BCUT2D eigenvalue weighted by Crippen LogP contribution is 2.18. The van der Waals surface area contributed by atoms with Gasteiger partial charge in [0, 0.05) is 18.8 Å². The van der Waals surface area contributed by atoms with Crippen LogP contribution in [0.5, 0.6) is 0 Å². The average molecular weight is 250 g/mol. The summed E-state index contributed by atoms with van der Waals surface area (Å²) in [5.74, 6) is 0.249. The lowest BCUT2D eigenvalue weighted by molar-refractivity contribution is 0.182. The van der Waals surface area contributed by atoms with Gasteiger partial charge >= 0.3 is 6.03 Å². The van der Waals surface area contributed by atoms with Crippen LogP contribution in [0.4, 0.5) is 14.9 Å². The number of rotatable bonds is 1. The van der Waals surface area contributed by atoms with Crippen LogP contribution in [0.15, 0.2) is 18.2 Å². The van der Waals surface area contributed by atoms with Gasteiger partial charge in [-0.05, 0) is 43.4 Å². The van der Waals surface area contributed by atoms with Crippen LogP contribution in [0.2, 0.25) is 0 Å². The molecule has 1 atom stereocenters. The number of benzene rings is 1. The molecule has 18 heavy (non-hydrogen) atoms. The summed E-state index contributed by atoms with van der Waals surface area (Å²) in [4.78, 5) is 13.8. The molecule has 0 bridgehead atoms. The van der Waals surface area contributed by atoms with Gasteiger partial charge in [-0.2, -0.15) is 0 Å². The first-order valence-corrected chi connectivity index (χ1v) is 6.38. The van der Waals surface area contributed by atoms with Gasteiger partial charge in [0.05, 0.1) is 0 Å². The molecule has 2 amide bonds. The Bertz CT molecular complexity index is 447. The Balaban J connectivity index is 2.00. The summed E-state index contributed by atoms with van der Waals surface area (Å²) in [5, 5.41) is 2.75. The molecule has 4 heteroatoms. The van der Waals surface area contributed by atoms with E-state index in [4.69, 9.17) is 0 Å². The van der Waals surface area contributed by atoms with Crippen LogP contribution in [0, 0.1) is 18.7 Å². The first kappa shape index (κ1) is 12.9. The van der Waals surface area contributed by atoms with Gasteiger partial charge in [-0.25, -0.2) is 9.18 Å². The highest BCUT2D eigenvalue weighted by molar-refractivity contribution is 5.89. The van der Waals surface area contributed by atoms with E-state index in [2.05, 4.69) is 12.2 Å². The molecule has 2 rings (SSSR count). The van der Waals surface area contributed by atoms with Crippen molar-refractivity contribution in [2.45, 2.75) is 26.7 Å². The van der Waals surface area contributed by atoms with Gasteiger partial charge in [-0.15, -0.1) is 0 Å². The van der Waals surface area contributed by atoms with E-state index in [1.54, 1.807) is 24.0 Å². The third-order valence-electron chi connectivity index (χ3n) is 3.37. The fourth-order valence-electron chi connectivity index (χ4n) is 2.25. The van der Waals surface area contributed by atoms with Gasteiger partial charge in [-0.1, -0.05) is 13.0 Å². The van der Waals surface area contributed by atoms with E-state index in [1.807, 2.05) is 0 Å². The Kier molecular flexibility index (Phi) is 3.84. The predicted molar refractivity (Wildman–Crippen MR) is 70.1 cm³/mol. The number of halogens is 1. The summed E-state index contributed by atoms with van der Waals surface area (Å²) in [6.45, 7) is 5.41. The van der Waals surface area contributed by atoms with Gasteiger partial charge in [0.25, 0.3) is 0 Å². The number of nitrogens with one attached hydrogen (secondary N) is 1. The zero-order valence-electron chi connectivity index (χ0n) is 10.9. The second-order valence-corrected chi connectivity index (χ2v) is 5.09. The largest absolute Gasteiger partial charge is 0.324 e. The van der Waals surface area contributed by atoms with Crippen molar-refractivity contribution < 1.29 is 9.18 Å². The molecule has 1 N–H and O–H groups in total. The molecule has 1 fully saturated rings. The molecule has 0 aromatic heterocycles. The molecule has 1 aliphatic rings. The second-order valence-electron chi connectivity index (χ2n) is 5.09. The number of carbonyl (C=O) groups is 1. The SMILES string of the molecule is Cc1ccc(NC(=O)N2CCC[C@@H](C)C2)cc1F. The maximum absolute atomic E-state index is 13.4. The van der Waals surface area contributed by atoms with Crippen LogP contribution < -0.4 is 5.32 Å². The quantitative estimate of drug-likeness (QED) is 0.814. The third kappa shape index (κ3) is 3.00. The van der Waals surface area contributed by atoms with Crippen LogP contribution in [-0.2, 0) is 0 Å². The highest BCUT2D eigenvalue weighted by atomic mass is 19.1. The number of likely N-dealkylation sites (tertiary alicyclic amines) is 1. The first-order chi connectivity index (χ1) is 8.56. The highest BCUT2D eigenvalue weighted by Gasteiger charge is 2.20. The van der Waals surface area contributed by atoms with E-state index in [1.165, 1.54) is 12.5 Å². The zero-order valence-corrected chi connectivity index (χ0v) is 10.9. The van der Waals surface area contributed by atoms with Gasteiger partial charge in [0.15, 0.2) is 0 Å². The van der Waals surface area contributed by atoms with Crippen LogP contribution in [0.3, 0.4) is 0 Å². The maximum atomic E-state index is 13.4. The Morgan fingerprint density at radius 3 is 2.94 bits per heavy atom. The number of carbonyl (C=O) groups excluding carboxylic acids is 1. The fourth-order valence-corrected chi connectivity index (χ4v) is 2.25. The first-order valence-electron chi connectivity index (χ1n) is 6.38. The molecule has 3 nitrogen and oxygen atoms in total. The lowest BCUT2D eigenvalue weighted by atomic mass is 10.0. The molecule has 0 spiro atoms. The number of piperidine rings is 1. The smallest absolute Gasteiger partial charge is 0.321 e. The van der Waals surface area contributed by atoms with Crippen LogP contribution in [0.25, 0.3) is 0 Å². The van der Waals surface area contributed by atoms with E-state index in [9.17, 15) is 9.18 Å². The van der Waals surface area contributed by atoms with E-state index in [0.29, 0.717) is 17.2 Å².